The molecule has 102 valence electrons. The van der Waals surface area contributed by atoms with Crippen molar-refractivity contribution in [2.24, 2.45) is 0 Å². The minimum atomic E-state index is -0.381. The Hall–Kier alpha value is -0.830. The molecule has 0 bridgehead atoms. The summed E-state index contributed by atoms with van der Waals surface area (Å²) in [5, 5.41) is 0. The first-order valence-corrected chi connectivity index (χ1v) is 7.07. The van der Waals surface area contributed by atoms with Crippen LogP contribution in [0.4, 0.5) is 4.39 Å². The van der Waals surface area contributed by atoms with Gasteiger partial charge < -0.3 is 4.74 Å². The Morgan fingerprint density at radius 1 is 1.39 bits per heavy atom. The zero-order valence-electron chi connectivity index (χ0n) is 11.1. The lowest BCUT2D eigenvalue weighted by atomic mass is 10.1. The van der Waals surface area contributed by atoms with Gasteiger partial charge >= 0.3 is 0 Å². The third-order valence-electron chi connectivity index (χ3n) is 2.81. The van der Waals surface area contributed by atoms with Gasteiger partial charge in [-0.1, -0.05) is 26.2 Å². The summed E-state index contributed by atoms with van der Waals surface area (Å²) < 4.78 is 18.7. The van der Waals surface area contributed by atoms with Crippen LogP contribution in [0.5, 0.6) is 5.88 Å². The molecular weight excluding hydrogens is 253 g/mol. The Morgan fingerprint density at radius 3 is 2.83 bits per heavy atom. The quantitative estimate of drug-likeness (QED) is 0.506. The van der Waals surface area contributed by atoms with Gasteiger partial charge in [-0.3, -0.25) is 0 Å². The van der Waals surface area contributed by atoms with Crippen LogP contribution in [0.25, 0.3) is 0 Å². The molecule has 18 heavy (non-hydrogen) atoms. The van der Waals surface area contributed by atoms with Crippen LogP contribution >= 0.6 is 11.6 Å². The second-order valence-corrected chi connectivity index (χ2v) is 4.80. The Labute approximate surface area is 114 Å². The lowest BCUT2D eigenvalue weighted by Gasteiger charge is -2.15. The van der Waals surface area contributed by atoms with Gasteiger partial charge in [0.2, 0.25) is 5.88 Å². The molecule has 1 atom stereocenters. The Kier molecular flexibility index (Phi) is 7.02. The van der Waals surface area contributed by atoms with Crippen molar-refractivity contribution in [1.82, 2.24) is 4.98 Å². The largest absolute Gasteiger partial charge is 0.474 e. The van der Waals surface area contributed by atoms with E-state index >= 15 is 0 Å². The fraction of sp³-hybridized carbons (Fsp3) is 0.643. The standard InChI is InChI=1S/C14H21ClFNO/c1-3-4-5-6-7-11(2)18-14-12(9-15)8-13(16)10-17-14/h8,10-11H,3-7,9H2,1-2H3. The molecule has 0 radical (unpaired) electrons. The zero-order valence-corrected chi connectivity index (χ0v) is 11.8. The molecule has 1 aromatic heterocycles. The third kappa shape index (κ3) is 5.21. The lowest BCUT2D eigenvalue weighted by molar-refractivity contribution is 0.196. The van der Waals surface area contributed by atoms with Crippen LogP contribution in [0.15, 0.2) is 12.3 Å². The molecule has 0 fully saturated rings. The SMILES string of the molecule is CCCCCCC(C)Oc1ncc(F)cc1CCl. The van der Waals surface area contributed by atoms with Crippen LogP contribution in [-0.4, -0.2) is 11.1 Å². The number of alkyl halides is 1. The van der Waals surface area contributed by atoms with Gasteiger partial charge in [-0.15, -0.1) is 11.6 Å². The molecule has 0 spiro atoms. The van der Waals surface area contributed by atoms with Gasteiger partial charge in [-0.2, -0.15) is 0 Å². The van der Waals surface area contributed by atoms with Crippen molar-refractivity contribution in [3.63, 3.8) is 0 Å². The number of rotatable bonds is 8. The molecule has 0 N–H and O–H groups in total. The molecule has 1 rings (SSSR count). The fourth-order valence-electron chi connectivity index (χ4n) is 1.78. The average Bonchev–Trinajstić information content (AvgIpc) is 2.37. The van der Waals surface area contributed by atoms with Crippen LogP contribution in [0, 0.1) is 5.82 Å². The maximum atomic E-state index is 13.0. The first-order chi connectivity index (χ1) is 8.67. The van der Waals surface area contributed by atoms with E-state index in [9.17, 15) is 4.39 Å². The molecule has 0 aliphatic rings. The van der Waals surface area contributed by atoms with Crippen molar-refractivity contribution >= 4 is 11.6 Å². The number of nitrogens with zero attached hydrogens (tertiary/aromatic N) is 1. The summed E-state index contributed by atoms with van der Waals surface area (Å²) >= 11 is 5.75. The molecule has 0 aromatic carbocycles. The Balaban J connectivity index is 2.45. The molecule has 1 unspecified atom stereocenters. The third-order valence-corrected chi connectivity index (χ3v) is 3.10. The van der Waals surface area contributed by atoms with Gasteiger partial charge in [0, 0.05) is 5.56 Å². The van der Waals surface area contributed by atoms with E-state index in [0.717, 1.165) is 19.0 Å². The van der Waals surface area contributed by atoms with Crippen molar-refractivity contribution in [3.05, 3.63) is 23.6 Å². The van der Waals surface area contributed by atoms with Crippen LogP contribution < -0.4 is 4.74 Å². The monoisotopic (exact) mass is 273 g/mol. The molecule has 0 aliphatic carbocycles. The van der Waals surface area contributed by atoms with Gasteiger partial charge in [0.15, 0.2) is 0 Å². The molecule has 0 saturated carbocycles. The molecule has 2 nitrogen and oxygen atoms in total. The number of pyridine rings is 1. The highest BCUT2D eigenvalue weighted by molar-refractivity contribution is 6.17. The second kappa shape index (κ2) is 8.30. The summed E-state index contributed by atoms with van der Waals surface area (Å²) in [6.45, 7) is 4.20. The number of hydrogen-bond donors (Lipinski definition) is 0. The lowest BCUT2D eigenvalue weighted by Crippen LogP contribution is -2.13. The molecule has 1 aromatic rings. The summed E-state index contributed by atoms with van der Waals surface area (Å²) in [6.07, 6.45) is 7.09. The normalized spacial score (nSPS) is 12.4. The minimum Gasteiger partial charge on any atom is -0.474 e. The Bertz CT molecular complexity index is 360. The molecule has 0 amide bonds. The highest BCUT2D eigenvalue weighted by Gasteiger charge is 2.10. The van der Waals surface area contributed by atoms with Crippen LogP contribution in [0.3, 0.4) is 0 Å². The van der Waals surface area contributed by atoms with Gasteiger partial charge in [0.25, 0.3) is 0 Å². The smallest absolute Gasteiger partial charge is 0.218 e. The number of hydrogen-bond acceptors (Lipinski definition) is 2. The molecule has 4 heteroatoms. The van der Waals surface area contributed by atoms with Gasteiger partial charge in [0.1, 0.15) is 5.82 Å². The van der Waals surface area contributed by atoms with E-state index in [2.05, 4.69) is 11.9 Å². The van der Waals surface area contributed by atoms with Gasteiger partial charge in [-0.05, 0) is 25.8 Å². The van der Waals surface area contributed by atoms with Crippen molar-refractivity contribution in [3.8, 4) is 5.88 Å². The summed E-state index contributed by atoms with van der Waals surface area (Å²) in [5.74, 6) is 0.283. The maximum Gasteiger partial charge on any atom is 0.218 e. The van der Waals surface area contributed by atoms with E-state index in [4.69, 9.17) is 16.3 Å². The highest BCUT2D eigenvalue weighted by Crippen LogP contribution is 2.20. The van der Waals surface area contributed by atoms with Crippen LogP contribution in [0.2, 0.25) is 0 Å². The summed E-state index contributed by atoms with van der Waals surface area (Å²) in [4.78, 5) is 3.95. The number of halogens is 2. The zero-order chi connectivity index (χ0) is 13.4. The highest BCUT2D eigenvalue weighted by atomic mass is 35.5. The Morgan fingerprint density at radius 2 is 2.17 bits per heavy atom. The first-order valence-electron chi connectivity index (χ1n) is 6.54. The second-order valence-electron chi connectivity index (χ2n) is 4.53. The van der Waals surface area contributed by atoms with Crippen molar-refractivity contribution in [2.75, 3.05) is 0 Å². The van der Waals surface area contributed by atoms with Crippen molar-refractivity contribution in [1.29, 1.82) is 0 Å². The van der Waals surface area contributed by atoms with Crippen molar-refractivity contribution < 1.29 is 9.13 Å². The summed E-state index contributed by atoms with van der Waals surface area (Å²) in [5.41, 5.74) is 0.608. The predicted octanol–water partition coefficient (Wildman–Crippen LogP) is 4.70. The fourth-order valence-corrected chi connectivity index (χ4v) is 1.97. The topological polar surface area (TPSA) is 22.1 Å². The molecule has 1 heterocycles. The molecule has 0 aliphatic heterocycles. The molecular formula is C14H21ClFNO. The van der Waals surface area contributed by atoms with E-state index in [1.54, 1.807) is 0 Å². The summed E-state index contributed by atoms with van der Waals surface area (Å²) in [6, 6.07) is 1.37. The number of aromatic nitrogens is 1. The van der Waals surface area contributed by atoms with E-state index in [1.807, 2.05) is 6.92 Å². The van der Waals surface area contributed by atoms with E-state index in [0.29, 0.717) is 11.4 Å². The van der Waals surface area contributed by atoms with E-state index < -0.39 is 0 Å². The van der Waals surface area contributed by atoms with Crippen LogP contribution in [-0.2, 0) is 5.88 Å². The number of ether oxygens (including phenoxy) is 1. The van der Waals surface area contributed by atoms with Gasteiger partial charge in [-0.25, -0.2) is 9.37 Å². The van der Waals surface area contributed by atoms with Crippen molar-refractivity contribution in [2.45, 2.75) is 57.9 Å². The predicted molar refractivity (Wildman–Crippen MR) is 72.6 cm³/mol. The van der Waals surface area contributed by atoms with Crippen LogP contribution in [0.1, 0.15) is 51.5 Å². The average molecular weight is 274 g/mol. The number of unbranched alkanes of at least 4 members (excludes halogenated alkanes) is 3. The first kappa shape index (κ1) is 15.2. The molecule has 0 saturated heterocycles. The maximum absolute atomic E-state index is 13.0. The van der Waals surface area contributed by atoms with E-state index in [1.165, 1.54) is 25.3 Å². The van der Waals surface area contributed by atoms with E-state index in [-0.39, 0.29) is 17.8 Å². The minimum absolute atomic E-state index is 0.0850. The van der Waals surface area contributed by atoms with Gasteiger partial charge in [0.05, 0.1) is 18.2 Å². The summed E-state index contributed by atoms with van der Waals surface area (Å²) in [7, 11) is 0.